The van der Waals surface area contributed by atoms with Gasteiger partial charge in [-0.3, -0.25) is 4.79 Å². The number of carbonyl (C=O) groups is 1. The molecule has 2 aromatic rings. The quantitative estimate of drug-likeness (QED) is 0.814. The SMILES string of the molecule is Cc1csc(C(CC(C)C)NC(=O)CCc2ccc(F)cc2)n1. The van der Waals surface area contributed by atoms with Gasteiger partial charge in [0.25, 0.3) is 0 Å². The number of nitrogens with zero attached hydrogens (tertiary/aromatic N) is 1. The van der Waals surface area contributed by atoms with Crippen LogP contribution < -0.4 is 5.32 Å². The molecule has 0 aliphatic carbocycles. The van der Waals surface area contributed by atoms with E-state index in [-0.39, 0.29) is 17.8 Å². The molecule has 1 atom stereocenters. The maximum atomic E-state index is 12.9. The highest BCUT2D eigenvalue weighted by molar-refractivity contribution is 7.09. The van der Waals surface area contributed by atoms with Gasteiger partial charge in [0.05, 0.1) is 6.04 Å². The Balaban J connectivity index is 1.93. The number of carbonyl (C=O) groups excluding carboxylic acids is 1. The lowest BCUT2D eigenvalue weighted by Gasteiger charge is -2.18. The second-order valence-electron chi connectivity index (χ2n) is 6.20. The molecule has 0 spiro atoms. The lowest BCUT2D eigenvalue weighted by Crippen LogP contribution is -2.29. The van der Waals surface area contributed by atoms with Crippen LogP contribution in [-0.2, 0) is 11.2 Å². The standard InChI is InChI=1S/C18H23FN2OS/c1-12(2)10-16(18-20-13(3)11-23-18)21-17(22)9-6-14-4-7-15(19)8-5-14/h4-5,7-8,11-12,16H,6,9-10H2,1-3H3,(H,21,22). The van der Waals surface area contributed by atoms with Crippen molar-refractivity contribution in [2.75, 3.05) is 0 Å². The van der Waals surface area contributed by atoms with Crippen LogP contribution in [0.25, 0.3) is 0 Å². The molecule has 124 valence electrons. The summed E-state index contributed by atoms with van der Waals surface area (Å²) in [6.07, 6.45) is 1.87. The molecule has 23 heavy (non-hydrogen) atoms. The van der Waals surface area contributed by atoms with Gasteiger partial charge in [-0.05, 0) is 43.4 Å². The van der Waals surface area contributed by atoms with E-state index in [1.54, 1.807) is 23.5 Å². The lowest BCUT2D eigenvalue weighted by molar-refractivity contribution is -0.121. The van der Waals surface area contributed by atoms with E-state index in [2.05, 4.69) is 24.1 Å². The van der Waals surface area contributed by atoms with E-state index < -0.39 is 0 Å². The molecule has 1 amide bonds. The second-order valence-corrected chi connectivity index (χ2v) is 7.09. The van der Waals surface area contributed by atoms with Crippen molar-refractivity contribution in [1.82, 2.24) is 10.3 Å². The van der Waals surface area contributed by atoms with Gasteiger partial charge < -0.3 is 5.32 Å². The summed E-state index contributed by atoms with van der Waals surface area (Å²) in [5.74, 6) is 0.226. The molecule has 5 heteroatoms. The smallest absolute Gasteiger partial charge is 0.220 e. The first-order valence-corrected chi connectivity index (χ1v) is 8.78. The third kappa shape index (κ3) is 5.75. The van der Waals surface area contributed by atoms with Crippen LogP contribution in [0.15, 0.2) is 29.6 Å². The van der Waals surface area contributed by atoms with Gasteiger partial charge in [0.2, 0.25) is 5.91 Å². The van der Waals surface area contributed by atoms with Crippen LogP contribution in [0.4, 0.5) is 4.39 Å². The minimum atomic E-state index is -0.255. The number of hydrogen-bond acceptors (Lipinski definition) is 3. The summed E-state index contributed by atoms with van der Waals surface area (Å²) >= 11 is 1.59. The Kier molecular flexibility index (Phi) is 6.28. The number of benzene rings is 1. The van der Waals surface area contributed by atoms with Crippen LogP contribution in [0, 0.1) is 18.7 Å². The summed E-state index contributed by atoms with van der Waals surface area (Å²) in [4.78, 5) is 16.8. The van der Waals surface area contributed by atoms with Gasteiger partial charge in [0.15, 0.2) is 0 Å². The van der Waals surface area contributed by atoms with Crippen molar-refractivity contribution in [1.29, 1.82) is 0 Å². The molecule has 1 aromatic heterocycles. The van der Waals surface area contributed by atoms with E-state index in [9.17, 15) is 9.18 Å². The first-order valence-electron chi connectivity index (χ1n) is 7.90. The zero-order valence-electron chi connectivity index (χ0n) is 13.8. The molecule has 1 heterocycles. The summed E-state index contributed by atoms with van der Waals surface area (Å²) in [5.41, 5.74) is 1.95. The predicted octanol–water partition coefficient (Wildman–Crippen LogP) is 4.43. The fraction of sp³-hybridized carbons (Fsp3) is 0.444. The average molecular weight is 334 g/mol. The summed E-state index contributed by atoms with van der Waals surface area (Å²) < 4.78 is 12.9. The maximum absolute atomic E-state index is 12.9. The van der Waals surface area contributed by atoms with Gasteiger partial charge >= 0.3 is 0 Å². The molecule has 0 aliphatic heterocycles. The van der Waals surface area contributed by atoms with E-state index >= 15 is 0 Å². The number of nitrogens with one attached hydrogen (secondary N) is 1. The lowest BCUT2D eigenvalue weighted by atomic mass is 10.0. The zero-order chi connectivity index (χ0) is 16.8. The third-order valence-corrected chi connectivity index (χ3v) is 4.61. The fourth-order valence-electron chi connectivity index (χ4n) is 2.40. The Bertz CT molecular complexity index is 637. The first kappa shape index (κ1) is 17.6. The first-order chi connectivity index (χ1) is 10.9. The van der Waals surface area contributed by atoms with Crippen molar-refractivity contribution in [2.24, 2.45) is 5.92 Å². The van der Waals surface area contributed by atoms with Crippen molar-refractivity contribution >= 4 is 17.2 Å². The van der Waals surface area contributed by atoms with Crippen molar-refractivity contribution in [3.05, 3.63) is 51.7 Å². The molecule has 0 aliphatic rings. The molecule has 1 unspecified atom stereocenters. The molecule has 3 nitrogen and oxygen atoms in total. The Morgan fingerprint density at radius 1 is 1.30 bits per heavy atom. The second kappa shape index (κ2) is 8.20. The Morgan fingerprint density at radius 2 is 2.00 bits per heavy atom. The summed E-state index contributed by atoms with van der Waals surface area (Å²) in [6.45, 7) is 6.24. The van der Waals surface area contributed by atoms with Gasteiger partial charge in [-0.25, -0.2) is 9.37 Å². The predicted molar refractivity (Wildman–Crippen MR) is 91.9 cm³/mol. The minimum Gasteiger partial charge on any atom is -0.347 e. The molecule has 0 radical (unpaired) electrons. The molecule has 1 aromatic carbocycles. The number of thiazole rings is 1. The molecular formula is C18H23FN2OS. The van der Waals surface area contributed by atoms with Gasteiger partial charge in [0.1, 0.15) is 10.8 Å². The van der Waals surface area contributed by atoms with Crippen LogP contribution in [0.3, 0.4) is 0 Å². The third-order valence-electron chi connectivity index (χ3n) is 3.53. The van der Waals surface area contributed by atoms with Crippen LogP contribution in [0.2, 0.25) is 0 Å². The van der Waals surface area contributed by atoms with Crippen LogP contribution >= 0.6 is 11.3 Å². The highest BCUT2D eigenvalue weighted by Gasteiger charge is 2.19. The summed E-state index contributed by atoms with van der Waals surface area (Å²) in [6, 6.07) is 6.26. The number of aryl methyl sites for hydroxylation is 2. The Morgan fingerprint density at radius 3 is 2.57 bits per heavy atom. The van der Waals surface area contributed by atoms with Gasteiger partial charge in [-0.2, -0.15) is 0 Å². The largest absolute Gasteiger partial charge is 0.347 e. The molecule has 1 N–H and O–H groups in total. The monoisotopic (exact) mass is 334 g/mol. The fourth-order valence-corrected chi connectivity index (χ4v) is 3.26. The summed E-state index contributed by atoms with van der Waals surface area (Å²) in [7, 11) is 0. The molecular weight excluding hydrogens is 311 g/mol. The summed E-state index contributed by atoms with van der Waals surface area (Å²) in [5, 5.41) is 6.07. The molecule has 0 saturated heterocycles. The molecule has 0 fully saturated rings. The van der Waals surface area contributed by atoms with E-state index in [1.807, 2.05) is 12.3 Å². The van der Waals surface area contributed by atoms with Gasteiger partial charge in [0, 0.05) is 17.5 Å². The Hall–Kier alpha value is -1.75. The van der Waals surface area contributed by atoms with Crippen LogP contribution in [0.5, 0.6) is 0 Å². The molecule has 0 bridgehead atoms. The zero-order valence-corrected chi connectivity index (χ0v) is 14.6. The molecule has 0 saturated carbocycles. The number of amides is 1. The van der Waals surface area contributed by atoms with E-state index in [0.717, 1.165) is 22.7 Å². The van der Waals surface area contributed by atoms with Crippen LogP contribution in [-0.4, -0.2) is 10.9 Å². The maximum Gasteiger partial charge on any atom is 0.220 e. The molecule has 2 rings (SSSR count). The van der Waals surface area contributed by atoms with Crippen molar-refractivity contribution in [2.45, 2.75) is 46.1 Å². The number of aromatic nitrogens is 1. The Labute approximate surface area is 141 Å². The van der Waals surface area contributed by atoms with Crippen molar-refractivity contribution < 1.29 is 9.18 Å². The van der Waals surface area contributed by atoms with E-state index in [1.165, 1.54) is 12.1 Å². The van der Waals surface area contributed by atoms with Gasteiger partial charge in [-0.15, -0.1) is 11.3 Å². The van der Waals surface area contributed by atoms with Crippen molar-refractivity contribution in [3.8, 4) is 0 Å². The van der Waals surface area contributed by atoms with Gasteiger partial charge in [-0.1, -0.05) is 26.0 Å². The van der Waals surface area contributed by atoms with Crippen LogP contribution in [0.1, 0.15) is 49.0 Å². The number of halogens is 1. The minimum absolute atomic E-state index is 0.00725. The number of rotatable bonds is 7. The van der Waals surface area contributed by atoms with Crippen molar-refractivity contribution in [3.63, 3.8) is 0 Å². The van der Waals surface area contributed by atoms with E-state index in [4.69, 9.17) is 0 Å². The number of hydrogen-bond donors (Lipinski definition) is 1. The topological polar surface area (TPSA) is 42.0 Å². The normalized spacial score (nSPS) is 12.4. The highest BCUT2D eigenvalue weighted by atomic mass is 32.1. The average Bonchev–Trinajstić information content (AvgIpc) is 2.92. The highest BCUT2D eigenvalue weighted by Crippen LogP contribution is 2.24. The van der Waals surface area contributed by atoms with E-state index in [0.29, 0.717) is 18.8 Å².